The molecule has 1 amide bonds. The molecule has 0 aliphatic carbocycles. The van der Waals surface area contributed by atoms with E-state index in [4.69, 9.17) is 4.74 Å². The quantitative estimate of drug-likeness (QED) is 0.413. The van der Waals surface area contributed by atoms with Crippen molar-refractivity contribution in [2.45, 2.75) is 58.7 Å². The first-order valence-electron chi connectivity index (χ1n) is 7.87. The van der Waals surface area contributed by atoms with Crippen LogP contribution in [0.2, 0.25) is 0 Å². The molecule has 1 fully saturated rings. The van der Waals surface area contributed by atoms with Crippen molar-refractivity contribution in [2.24, 2.45) is 4.99 Å². The van der Waals surface area contributed by atoms with Crippen LogP contribution in [-0.2, 0) is 9.53 Å². The molecule has 0 radical (unpaired) electrons. The van der Waals surface area contributed by atoms with Crippen LogP contribution in [0.4, 0.5) is 0 Å². The second-order valence-electron chi connectivity index (χ2n) is 7.39. The first kappa shape index (κ1) is 22.4. The smallest absolute Gasteiger partial charge is 0.242 e. The van der Waals surface area contributed by atoms with Crippen molar-refractivity contribution in [3.63, 3.8) is 0 Å². The van der Waals surface area contributed by atoms with Crippen molar-refractivity contribution < 1.29 is 9.53 Å². The van der Waals surface area contributed by atoms with E-state index < -0.39 is 0 Å². The maximum atomic E-state index is 12.5. The van der Waals surface area contributed by atoms with Crippen molar-refractivity contribution in [2.75, 3.05) is 33.8 Å². The van der Waals surface area contributed by atoms with Gasteiger partial charge < -0.3 is 19.9 Å². The SMILES string of the molecule is CN=C(NCC(C)(C)OC)N1CC(=O)N(C(C)C)C(C)(C)C1.I. The molecular formula is C16H33IN4O2. The highest BCUT2D eigenvalue weighted by molar-refractivity contribution is 14.0. The number of carbonyl (C=O) groups excluding carboxylic acids is 1. The second kappa shape index (κ2) is 8.50. The lowest BCUT2D eigenvalue weighted by atomic mass is 9.96. The van der Waals surface area contributed by atoms with Crippen LogP contribution in [0, 0.1) is 0 Å². The summed E-state index contributed by atoms with van der Waals surface area (Å²) in [5, 5.41) is 3.31. The van der Waals surface area contributed by atoms with Gasteiger partial charge in [-0.05, 0) is 41.5 Å². The van der Waals surface area contributed by atoms with Gasteiger partial charge in [-0.2, -0.15) is 0 Å². The molecule has 0 aromatic heterocycles. The molecule has 0 bridgehead atoms. The van der Waals surface area contributed by atoms with E-state index in [-0.39, 0.29) is 47.1 Å². The number of piperazine rings is 1. The van der Waals surface area contributed by atoms with Crippen LogP contribution in [-0.4, -0.2) is 72.6 Å². The van der Waals surface area contributed by atoms with Gasteiger partial charge in [0.1, 0.15) is 0 Å². The lowest BCUT2D eigenvalue weighted by Crippen LogP contribution is -2.66. The van der Waals surface area contributed by atoms with Gasteiger partial charge in [0.25, 0.3) is 0 Å². The standard InChI is InChI=1S/C16H32N4O2.HI/c1-12(2)20-13(21)9-19(11-15(20,3)4)14(17-7)18-10-16(5,6)22-8;/h12H,9-11H2,1-8H3,(H,17,18);1H. The van der Waals surface area contributed by atoms with Gasteiger partial charge in [-0.1, -0.05) is 0 Å². The van der Waals surface area contributed by atoms with Gasteiger partial charge >= 0.3 is 0 Å². The summed E-state index contributed by atoms with van der Waals surface area (Å²) >= 11 is 0. The molecule has 1 heterocycles. The van der Waals surface area contributed by atoms with E-state index in [0.29, 0.717) is 13.1 Å². The fourth-order valence-electron chi connectivity index (χ4n) is 3.01. The number of carbonyl (C=O) groups is 1. The Morgan fingerprint density at radius 3 is 2.39 bits per heavy atom. The Hall–Kier alpha value is -0.570. The van der Waals surface area contributed by atoms with Crippen molar-refractivity contribution in [3.05, 3.63) is 0 Å². The number of hydrogen-bond donors (Lipinski definition) is 1. The van der Waals surface area contributed by atoms with Gasteiger partial charge in [0, 0.05) is 33.3 Å². The number of rotatable bonds is 4. The van der Waals surface area contributed by atoms with Crippen molar-refractivity contribution >= 4 is 35.8 Å². The van der Waals surface area contributed by atoms with Crippen LogP contribution < -0.4 is 5.32 Å². The maximum absolute atomic E-state index is 12.5. The second-order valence-corrected chi connectivity index (χ2v) is 7.39. The minimum atomic E-state index is -0.283. The lowest BCUT2D eigenvalue weighted by molar-refractivity contribution is -0.145. The van der Waals surface area contributed by atoms with E-state index in [1.807, 2.05) is 23.6 Å². The molecule has 1 saturated heterocycles. The summed E-state index contributed by atoms with van der Waals surface area (Å²) in [5.41, 5.74) is -0.507. The first-order chi connectivity index (χ1) is 10.0. The van der Waals surface area contributed by atoms with E-state index in [2.05, 4.69) is 38.0 Å². The molecule has 1 N–H and O–H groups in total. The Morgan fingerprint density at radius 2 is 2.00 bits per heavy atom. The van der Waals surface area contributed by atoms with Gasteiger partial charge in [-0.25, -0.2) is 0 Å². The third-order valence-corrected chi connectivity index (χ3v) is 4.08. The fourth-order valence-corrected chi connectivity index (χ4v) is 3.01. The van der Waals surface area contributed by atoms with Gasteiger partial charge in [0.2, 0.25) is 5.91 Å². The number of nitrogens with one attached hydrogen (secondary N) is 1. The van der Waals surface area contributed by atoms with E-state index in [1.54, 1.807) is 14.2 Å². The number of aliphatic imine (C=N–C) groups is 1. The van der Waals surface area contributed by atoms with E-state index in [0.717, 1.165) is 12.5 Å². The minimum Gasteiger partial charge on any atom is -0.377 e. The molecule has 23 heavy (non-hydrogen) atoms. The monoisotopic (exact) mass is 440 g/mol. The highest BCUT2D eigenvalue weighted by atomic mass is 127. The maximum Gasteiger partial charge on any atom is 0.242 e. The predicted molar refractivity (Wildman–Crippen MR) is 105 cm³/mol. The minimum absolute atomic E-state index is 0. The Bertz CT molecular complexity index is 436. The molecule has 0 atom stereocenters. The molecule has 0 spiro atoms. The van der Waals surface area contributed by atoms with Crippen LogP contribution in [0.3, 0.4) is 0 Å². The summed E-state index contributed by atoms with van der Waals surface area (Å²) in [6.07, 6.45) is 0. The number of amides is 1. The van der Waals surface area contributed by atoms with Crippen molar-refractivity contribution in [3.8, 4) is 0 Å². The zero-order valence-electron chi connectivity index (χ0n) is 15.8. The topological polar surface area (TPSA) is 57.2 Å². The Morgan fingerprint density at radius 1 is 1.43 bits per heavy atom. The Kier molecular flexibility index (Phi) is 8.29. The Labute approximate surface area is 158 Å². The summed E-state index contributed by atoms with van der Waals surface area (Å²) in [6, 6.07) is 0.201. The summed E-state index contributed by atoms with van der Waals surface area (Å²) in [7, 11) is 3.44. The number of halogens is 1. The van der Waals surface area contributed by atoms with Gasteiger partial charge in [-0.15, -0.1) is 24.0 Å². The highest BCUT2D eigenvalue weighted by Gasteiger charge is 2.40. The number of nitrogens with zero attached hydrogens (tertiary/aromatic N) is 3. The van der Waals surface area contributed by atoms with Crippen LogP contribution >= 0.6 is 24.0 Å². The van der Waals surface area contributed by atoms with Crippen molar-refractivity contribution in [1.29, 1.82) is 0 Å². The molecule has 1 aliphatic heterocycles. The van der Waals surface area contributed by atoms with Crippen LogP contribution in [0.15, 0.2) is 4.99 Å². The molecule has 0 aromatic rings. The normalized spacial score (nSPS) is 19.0. The third kappa shape index (κ3) is 5.77. The van der Waals surface area contributed by atoms with E-state index in [1.165, 1.54) is 0 Å². The third-order valence-electron chi connectivity index (χ3n) is 4.08. The van der Waals surface area contributed by atoms with Crippen LogP contribution in [0.25, 0.3) is 0 Å². The molecule has 0 saturated carbocycles. The molecular weight excluding hydrogens is 407 g/mol. The zero-order chi connectivity index (χ0) is 17.1. The molecule has 7 heteroatoms. The van der Waals surface area contributed by atoms with E-state index in [9.17, 15) is 4.79 Å². The summed E-state index contributed by atoms with van der Waals surface area (Å²) in [4.78, 5) is 20.8. The highest BCUT2D eigenvalue weighted by Crippen LogP contribution is 2.24. The first-order valence-corrected chi connectivity index (χ1v) is 7.87. The number of guanidine groups is 1. The van der Waals surface area contributed by atoms with Gasteiger partial charge in [0.05, 0.1) is 17.7 Å². The number of methoxy groups -OCH3 is 1. The number of ether oxygens (including phenoxy) is 1. The summed E-state index contributed by atoms with van der Waals surface area (Å²) in [5.74, 6) is 0.884. The molecule has 6 nitrogen and oxygen atoms in total. The zero-order valence-corrected chi connectivity index (χ0v) is 18.1. The molecule has 0 unspecified atom stereocenters. The molecule has 136 valence electrons. The van der Waals surface area contributed by atoms with Crippen LogP contribution in [0.5, 0.6) is 0 Å². The molecule has 1 aliphatic rings. The molecule has 0 aromatic carbocycles. The average molecular weight is 440 g/mol. The average Bonchev–Trinajstić information content (AvgIpc) is 2.36. The van der Waals surface area contributed by atoms with Gasteiger partial charge in [0.15, 0.2) is 5.96 Å². The number of hydrogen-bond acceptors (Lipinski definition) is 3. The van der Waals surface area contributed by atoms with Gasteiger partial charge in [-0.3, -0.25) is 9.79 Å². The predicted octanol–water partition coefficient (Wildman–Crippen LogP) is 1.94. The Balaban J connectivity index is 0.00000484. The summed E-state index contributed by atoms with van der Waals surface area (Å²) in [6.45, 7) is 14.1. The fraction of sp³-hybridized carbons (Fsp3) is 0.875. The van der Waals surface area contributed by atoms with E-state index >= 15 is 0 Å². The largest absolute Gasteiger partial charge is 0.377 e. The summed E-state index contributed by atoms with van der Waals surface area (Å²) < 4.78 is 5.42. The van der Waals surface area contributed by atoms with Crippen molar-refractivity contribution in [1.82, 2.24) is 15.1 Å². The lowest BCUT2D eigenvalue weighted by Gasteiger charge is -2.49. The van der Waals surface area contributed by atoms with Crippen LogP contribution in [0.1, 0.15) is 41.5 Å². The molecule has 1 rings (SSSR count).